The second-order valence-electron chi connectivity index (χ2n) is 6.56. The molecule has 1 atom stereocenters. The fourth-order valence-electron chi connectivity index (χ4n) is 3.47. The Morgan fingerprint density at radius 2 is 2.33 bits per heavy atom. The Morgan fingerprint density at radius 3 is 3.11 bits per heavy atom. The van der Waals surface area contributed by atoms with Crippen molar-refractivity contribution in [2.75, 3.05) is 20.3 Å². The number of carbonyl (C=O) groups is 1. The molecule has 8 heteroatoms. The highest BCUT2D eigenvalue weighted by atomic mass is 35.5. The molecule has 6 nitrogen and oxygen atoms in total. The topological polar surface area (TPSA) is 62.0 Å². The Hall–Kier alpha value is -1.67. The number of amides is 1. The third-order valence-electron chi connectivity index (χ3n) is 4.81. The number of thiazole rings is 1. The van der Waals surface area contributed by atoms with Gasteiger partial charge in [0.15, 0.2) is 4.80 Å². The van der Waals surface area contributed by atoms with Crippen LogP contribution in [0.5, 0.6) is 5.75 Å². The fraction of sp³-hybridized carbons (Fsp3) is 0.474. The lowest BCUT2D eigenvalue weighted by Gasteiger charge is -2.17. The van der Waals surface area contributed by atoms with Crippen LogP contribution in [-0.2, 0) is 29.0 Å². The molecule has 0 bridgehead atoms. The van der Waals surface area contributed by atoms with E-state index in [0.29, 0.717) is 40.9 Å². The molecular weight excluding hydrogens is 388 g/mol. The van der Waals surface area contributed by atoms with Gasteiger partial charge in [-0.1, -0.05) is 22.9 Å². The van der Waals surface area contributed by atoms with Crippen LogP contribution in [0.3, 0.4) is 0 Å². The second kappa shape index (κ2) is 8.14. The number of methoxy groups -OCH3 is 1. The number of halogens is 1. The van der Waals surface area contributed by atoms with E-state index < -0.39 is 0 Å². The van der Waals surface area contributed by atoms with Crippen molar-refractivity contribution in [1.82, 2.24) is 4.57 Å². The summed E-state index contributed by atoms with van der Waals surface area (Å²) in [6.45, 7) is 2.76. The van der Waals surface area contributed by atoms with Crippen LogP contribution in [0.1, 0.15) is 33.8 Å². The first kappa shape index (κ1) is 18.7. The van der Waals surface area contributed by atoms with E-state index in [1.165, 1.54) is 24.1 Å². The zero-order valence-electron chi connectivity index (χ0n) is 15.1. The van der Waals surface area contributed by atoms with E-state index in [1.54, 1.807) is 18.2 Å². The molecule has 27 heavy (non-hydrogen) atoms. The van der Waals surface area contributed by atoms with Gasteiger partial charge in [-0.05, 0) is 31.0 Å². The minimum atomic E-state index is -0.366. The molecule has 0 saturated carbocycles. The SMILES string of the molecule is COc1ccc(Cl)cc1C(=O)/N=c1\sc2c(n1C[C@H]1CCCO1)CCOC2. The van der Waals surface area contributed by atoms with Crippen molar-refractivity contribution in [1.29, 1.82) is 0 Å². The summed E-state index contributed by atoms with van der Waals surface area (Å²) in [4.78, 5) is 19.1. The molecule has 0 N–H and O–H groups in total. The number of hydrogen-bond acceptors (Lipinski definition) is 5. The molecule has 2 aliphatic heterocycles. The molecule has 1 amide bonds. The maximum Gasteiger partial charge on any atom is 0.283 e. The van der Waals surface area contributed by atoms with Crippen LogP contribution < -0.4 is 9.54 Å². The monoisotopic (exact) mass is 408 g/mol. The van der Waals surface area contributed by atoms with Crippen molar-refractivity contribution in [2.24, 2.45) is 4.99 Å². The third-order valence-corrected chi connectivity index (χ3v) is 6.14. The molecule has 0 spiro atoms. The zero-order chi connectivity index (χ0) is 18.8. The predicted octanol–water partition coefficient (Wildman–Crippen LogP) is 3.20. The first-order valence-corrected chi connectivity index (χ1v) is 10.2. The Morgan fingerprint density at radius 1 is 1.44 bits per heavy atom. The summed E-state index contributed by atoms with van der Waals surface area (Å²) in [6.07, 6.45) is 3.10. The molecule has 2 aromatic rings. The van der Waals surface area contributed by atoms with E-state index in [1.807, 2.05) is 0 Å². The second-order valence-corrected chi connectivity index (χ2v) is 8.06. The van der Waals surface area contributed by atoms with Crippen molar-refractivity contribution < 1.29 is 19.0 Å². The van der Waals surface area contributed by atoms with Crippen LogP contribution in [0, 0.1) is 0 Å². The van der Waals surface area contributed by atoms with Crippen molar-refractivity contribution >= 4 is 28.8 Å². The Balaban J connectivity index is 1.74. The predicted molar refractivity (Wildman–Crippen MR) is 103 cm³/mol. The number of hydrogen-bond donors (Lipinski definition) is 0. The van der Waals surface area contributed by atoms with Gasteiger partial charge in [-0.15, -0.1) is 0 Å². The highest BCUT2D eigenvalue weighted by Gasteiger charge is 2.23. The average Bonchev–Trinajstić information content (AvgIpc) is 3.30. The van der Waals surface area contributed by atoms with Crippen molar-refractivity contribution in [3.05, 3.63) is 44.2 Å². The van der Waals surface area contributed by atoms with Gasteiger partial charge in [-0.2, -0.15) is 4.99 Å². The number of carbonyl (C=O) groups excluding carboxylic acids is 1. The van der Waals surface area contributed by atoms with Gasteiger partial charge in [0, 0.05) is 23.7 Å². The van der Waals surface area contributed by atoms with E-state index >= 15 is 0 Å². The third kappa shape index (κ3) is 3.96. The van der Waals surface area contributed by atoms with Gasteiger partial charge in [0.2, 0.25) is 0 Å². The number of rotatable bonds is 4. The highest BCUT2D eigenvalue weighted by Crippen LogP contribution is 2.25. The lowest BCUT2D eigenvalue weighted by molar-refractivity contribution is 0.0896. The number of fused-ring (bicyclic) bond motifs is 1. The van der Waals surface area contributed by atoms with Crippen LogP contribution in [0.2, 0.25) is 5.02 Å². The summed E-state index contributed by atoms with van der Waals surface area (Å²) in [7, 11) is 1.53. The number of ether oxygens (including phenoxy) is 3. The normalized spacial score (nSPS) is 19.9. The minimum absolute atomic E-state index is 0.168. The van der Waals surface area contributed by atoms with E-state index in [4.69, 9.17) is 25.8 Å². The van der Waals surface area contributed by atoms with E-state index in [-0.39, 0.29) is 12.0 Å². The van der Waals surface area contributed by atoms with Crippen molar-refractivity contribution in [2.45, 2.75) is 38.5 Å². The van der Waals surface area contributed by atoms with Gasteiger partial charge in [-0.3, -0.25) is 4.79 Å². The first-order chi connectivity index (χ1) is 13.2. The maximum atomic E-state index is 12.9. The molecule has 0 aliphatic carbocycles. The van der Waals surface area contributed by atoms with Crippen LogP contribution in [0.4, 0.5) is 0 Å². The first-order valence-electron chi connectivity index (χ1n) is 8.99. The van der Waals surface area contributed by atoms with Crippen LogP contribution >= 0.6 is 22.9 Å². The van der Waals surface area contributed by atoms with Gasteiger partial charge < -0.3 is 18.8 Å². The van der Waals surface area contributed by atoms with E-state index in [0.717, 1.165) is 30.7 Å². The van der Waals surface area contributed by atoms with Crippen molar-refractivity contribution in [3.8, 4) is 5.75 Å². The molecule has 4 rings (SSSR count). The molecule has 1 saturated heterocycles. The number of aromatic nitrogens is 1. The molecular formula is C19H21ClN2O4S. The number of nitrogens with zero attached hydrogens (tertiary/aromatic N) is 2. The number of benzene rings is 1. The Kier molecular flexibility index (Phi) is 5.63. The minimum Gasteiger partial charge on any atom is -0.496 e. The summed E-state index contributed by atoms with van der Waals surface area (Å²) >= 11 is 7.57. The van der Waals surface area contributed by atoms with Gasteiger partial charge in [0.05, 0.1) is 43.4 Å². The molecule has 2 aliphatic rings. The summed E-state index contributed by atoms with van der Waals surface area (Å²) < 4.78 is 18.8. The lowest BCUT2D eigenvalue weighted by atomic mass is 10.2. The molecule has 144 valence electrons. The van der Waals surface area contributed by atoms with E-state index in [9.17, 15) is 4.79 Å². The summed E-state index contributed by atoms with van der Waals surface area (Å²) in [6, 6.07) is 4.96. The molecule has 1 fully saturated rings. The molecule has 0 radical (unpaired) electrons. The van der Waals surface area contributed by atoms with Crippen molar-refractivity contribution in [3.63, 3.8) is 0 Å². The molecule has 1 aromatic heterocycles. The lowest BCUT2D eigenvalue weighted by Crippen LogP contribution is -2.27. The Labute approximate surface area is 166 Å². The molecule has 0 unspecified atom stereocenters. The smallest absolute Gasteiger partial charge is 0.283 e. The largest absolute Gasteiger partial charge is 0.496 e. The fourth-order valence-corrected chi connectivity index (χ4v) is 4.76. The van der Waals surface area contributed by atoms with Gasteiger partial charge >= 0.3 is 0 Å². The zero-order valence-corrected chi connectivity index (χ0v) is 16.6. The van der Waals surface area contributed by atoms with Crippen LogP contribution in [0.25, 0.3) is 0 Å². The summed E-state index contributed by atoms with van der Waals surface area (Å²) in [5, 5.41) is 0.473. The summed E-state index contributed by atoms with van der Waals surface area (Å²) in [5.74, 6) is 0.0958. The average molecular weight is 409 g/mol. The standard InChI is InChI=1S/C19H21ClN2O4S/c1-24-16-5-4-12(20)9-14(16)18(23)21-19-22(10-13-3-2-7-26-13)15-6-8-25-11-17(15)27-19/h4-5,9,13H,2-3,6-8,10-11H2,1H3/b21-19-/t13-/m1/s1. The quantitative estimate of drug-likeness (QED) is 0.779. The van der Waals surface area contributed by atoms with Gasteiger partial charge in [0.1, 0.15) is 5.75 Å². The molecule has 1 aromatic carbocycles. The van der Waals surface area contributed by atoms with Gasteiger partial charge in [-0.25, -0.2) is 0 Å². The van der Waals surface area contributed by atoms with Gasteiger partial charge in [0.25, 0.3) is 5.91 Å². The Bertz CT molecular complexity index is 915. The molecule has 3 heterocycles. The van der Waals surface area contributed by atoms with E-state index in [2.05, 4.69) is 9.56 Å². The summed E-state index contributed by atoms with van der Waals surface area (Å²) in [5.41, 5.74) is 1.56. The van der Waals surface area contributed by atoms with Crippen LogP contribution in [0.15, 0.2) is 23.2 Å². The maximum absolute atomic E-state index is 12.9. The highest BCUT2D eigenvalue weighted by molar-refractivity contribution is 7.09. The van der Waals surface area contributed by atoms with Crippen LogP contribution in [-0.4, -0.2) is 36.9 Å².